The molecule has 1 radical (unpaired) electrons. The van der Waals surface area contributed by atoms with E-state index in [1.807, 2.05) is 24.3 Å². The highest BCUT2D eigenvalue weighted by atomic mass is 16.7. The molecular formula is C9H9O2. The standard InChI is InChI=1S/C9H9O2/c1-2-4-8(5-3-1)9-10-6-7-11-9/h2-5,9H,6-7H2. The van der Waals surface area contributed by atoms with Gasteiger partial charge < -0.3 is 9.47 Å². The molecule has 1 aromatic rings. The molecule has 0 unspecified atom stereocenters. The van der Waals surface area contributed by atoms with Gasteiger partial charge in [-0.05, 0) is 6.07 Å². The molecule has 0 atom stereocenters. The lowest BCUT2D eigenvalue weighted by Gasteiger charge is -2.07. The van der Waals surface area contributed by atoms with E-state index in [1.54, 1.807) is 0 Å². The van der Waals surface area contributed by atoms with Gasteiger partial charge >= 0.3 is 0 Å². The predicted molar refractivity (Wildman–Crippen MR) is 39.9 cm³/mol. The molecule has 1 saturated heterocycles. The molecule has 0 aromatic heterocycles. The van der Waals surface area contributed by atoms with Crippen molar-refractivity contribution in [2.45, 2.75) is 6.29 Å². The summed E-state index contributed by atoms with van der Waals surface area (Å²) in [6.07, 6.45) is -0.149. The van der Waals surface area contributed by atoms with E-state index in [0.717, 1.165) is 5.56 Å². The van der Waals surface area contributed by atoms with Crippen LogP contribution in [0.15, 0.2) is 24.3 Å². The second-order valence-corrected chi connectivity index (χ2v) is 2.41. The minimum Gasteiger partial charge on any atom is -0.346 e. The summed E-state index contributed by atoms with van der Waals surface area (Å²) in [5, 5.41) is 0. The van der Waals surface area contributed by atoms with Crippen LogP contribution in [0.5, 0.6) is 0 Å². The predicted octanol–water partition coefficient (Wildman–Crippen LogP) is 1.53. The fraction of sp³-hybridized carbons (Fsp3) is 0.333. The van der Waals surface area contributed by atoms with Gasteiger partial charge in [0.25, 0.3) is 0 Å². The minimum absolute atomic E-state index is 0.149. The maximum atomic E-state index is 5.30. The first-order valence-corrected chi connectivity index (χ1v) is 3.66. The third-order valence-electron chi connectivity index (χ3n) is 1.64. The summed E-state index contributed by atoms with van der Waals surface area (Å²) < 4.78 is 10.6. The van der Waals surface area contributed by atoms with Crippen LogP contribution in [0.3, 0.4) is 0 Å². The summed E-state index contributed by atoms with van der Waals surface area (Å²) in [6.45, 7) is 1.40. The smallest absolute Gasteiger partial charge is 0.184 e. The zero-order valence-corrected chi connectivity index (χ0v) is 6.12. The van der Waals surface area contributed by atoms with Crippen LogP contribution in [0, 0.1) is 6.07 Å². The minimum atomic E-state index is -0.149. The maximum Gasteiger partial charge on any atom is 0.184 e. The Labute approximate surface area is 65.7 Å². The van der Waals surface area contributed by atoms with E-state index in [-0.39, 0.29) is 6.29 Å². The van der Waals surface area contributed by atoms with Crippen LogP contribution in [-0.2, 0) is 9.47 Å². The number of hydrogen-bond acceptors (Lipinski definition) is 2. The Morgan fingerprint density at radius 2 is 1.82 bits per heavy atom. The van der Waals surface area contributed by atoms with Crippen LogP contribution in [-0.4, -0.2) is 13.2 Å². The van der Waals surface area contributed by atoms with E-state index in [2.05, 4.69) is 6.07 Å². The Bertz CT molecular complexity index is 214. The van der Waals surface area contributed by atoms with Crippen molar-refractivity contribution in [3.05, 3.63) is 35.9 Å². The molecule has 1 aliphatic rings. The van der Waals surface area contributed by atoms with E-state index < -0.39 is 0 Å². The number of ether oxygens (including phenoxy) is 2. The Morgan fingerprint density at radius 1 is 1.18 bits per heavy atom. The summed E-state index contributed by atoms with van der Waals surface area (Å²) in [5.74, 6) is 0. The average molecular weight is 149 g/mol. The lowest BCUT2D eigenvalue weighted by atomic mass is 10.2. The fourth-order valence-corrected chi connectivity index (χ4v) is 1.11. The van der Waals surface area contributed by atoms with Gasteiger partial charge in [0.1, 0.15) is 0 Å². The summed E-state index contributed by atoms with van der Waals surface area (Å²) in [4.78, 5) is 0. The molecule has 0 saturated carbocycles. The zero-order valence-electron chi connectivity index (χ0n) is 6.12. The van der Waals surface area contributed by atoms with Crippen LogP contribution in [0.25, 0.3) is 0 Å². The van der Waals surface area contributed by atoms with Crippen LogP contribution in [0.2, 0.25) is 0 Å². The van der Waals surface area contributed by atoms with Crippen LogP contribution >= 0.6 is 0 Å². The van der Waals surface area contributed by atoms with Crippen molar-refractivity contribution >= 4 is 0 Å². The Balaban J connectivity index is 2.16. The largest absolute Gasteiger partial charge is 0.346 e. The monoisotopic (exact) mass is 149 g/mol. The number of benzene rings is 1. The molecular weight excluding hydrogens is 140 g/mol. The van der Waals surface area contributed by atoms with Crippen molar-refractivity contribution in [1.82, 2.24) is 0 Å². The van der Waals surface area contributed by atoms with Gasteiger partial charge in [-0.15, -0.1) is 0 Å². The Morgan fingerprint density at radius 3 is 2.45 bits per heavy atom. The summed E-state index contributed by atoms with van der Waals surface area (Å²) in [7, 11) is 0. The lowest BCUT2D eigenvalue weighted by Crippen LogP contribution is -1.96. The third-order valence-corrected chi connectivity index (χ3v) is 1.64. The van der Waals surface area contributed by atoms with Gasteiger partial charge in [-0.2, -0.15) is 0 Å². The molecule has 1 fully saturated rings. The van der Waals surface area contributed by atoms with Gasteiger partial charge in [0.15, 0.2) is 6.29 Å². The van der Waals surface area contributed by atoms with Gasteiger partial charge in [-0.3, -0.25) is 0 Å². The first kappa shape index (κ1) is 6.83. The van der Waals surface area contributed by atoms with Gasteiger partial charge in [0.05, 0.1) is 13.2 Å². The van der Waals surface area contributed by atoms with E-state index in [1.165, 1.54) is 0 Å². The van der Waals surface area contributed by atoms with Crippen molar-refractivity contribution in [1.29, 1.82) is 0 Å². The molecule has 0 amide bonds. The molecule has 0 aliphatic carbocycles. The summed E-state index contributed by atoms with van der Waals surface area (Å²) >= 11 is 0. The maximum absolute atomic E-state index is 5.30. The van der Waals surface area contributed by atoms with Crippen molar-refractivity contribution < 1.29 is 9.47 Å². The highest BCUT2D eigenvalue weighted by Crippen LogP contribution is 2.21. The molecule has 2 heteroatoms. The molecule has 0 N–H and O–H groups in total. The molecule has 2 rings (SSSR count). The van der Waals surface area contributed by atoms with E-state index in [4.69, 9.17) is 9.47 Å². The van der Waals surface area contributed by atoms with E-state index in [9.17, 15) is 0 Å². The van der Waals surface area contributed by atoms with E-state index in [0.29, 0.717) is 13.2 Å². The Hall–Kier alpha value is -0.860. The van der Waals surface area contributed by atoms with Crippen molar-refractivity contribution in [2.75, 3.05) is 13.2 Å². The van der Waals surface area contributed by atoms with Gasteiger partial charge in [-0.1, -0.05) is 24.3 Å². The molecule has 11 heavy (non-hydrogen) atoms. The highest BCUT2D eigenvalue weighted by Gasteiger charge is 2.16. The first-order chi connectivity index (χ1) is 5.47. The molecule has 1 aliphatic heterocycles. The van der Waals surface area contributed by atoms with E-state index >= 15 is 0 Å². The molecule has 57 valence electrons. The highest BCUT2D eigenvalue weighted by molar-refractivity contribution is 5.15. The molecule has 0 spiro atoms. The Kier molecular flexibility index (Phi) is 1.88. The summed E-state index contributed by atoms with van der Waals surface area (Å²) in [5.41, 5.74) is 1.07. The summed E-state index contributed by atoms with van der Waals surface area (Å²) in [6, 6.07) is 10.6. The number of rotatable bonds is 1. The van der Waals surface area contributed by atoms with Gasteiger partial charge in [-0.25, -0.2) is 0 Å². The SMILES string of the molecule is [c]1ccc(C2OCCO2)cc1. The normalized spacial score (nSPS) is 18.9. The fourth-order valence-electron chi connectivity index (χ4n) is 1.11. The topological polar surface area (TPSA) is 18.5 Å². The van der Waals surface area contributed by atoms with Gasteiger partial charge in [0.2, 0.25) is 0 Å². The van der Waals surface area contributed by atoms with Crippen molar-refractivity contribution in [3.8, 4) is 0 Å². The molecule has 0 bridgehead atoms. The van der Waals surface area contributed by atoms with Crippen molar-refractivity contribution in [2.24, 2.45) is 0 Å². The second-order valence-electron chi connectivity index (χ2n) is 2.41. The van der Waals surface area contributed by atoms with Gasteiger partial charge in [0, 0.05) is 5.56 Å². The second kappa shape index (κ2) is 3.03. The first-order valence-electron chi connectivity index (χ1n) is 3.66. The molecule has 1 heterocycles. The molecule has 2 nitrogen and oxygen atoms in total. The number of hydrogen-bond donors (Lipinski definition) is 0. The van der Waals surface area contributed by atoms with Crippen LogP contribution < -0.4 is 0 Å². The van der Waals surface area contributed by atoms with Crippen LogP contribution in [0.1, 0.15) is 11.9 Å². The quantitative estimate of drug-likeness (QED) is 0.603. The lowest BCUT2D eigenvalue weighted by molar-refractivity contribution is -0.0441. The molecule has 1 aromatic carbocycles. The van der Waals surface area contributed by atoms with Crippen molar-refractivity contribution in [3.63, 3.8) is 0 Å². The zero-order chi connectivity index (χ0) is 7.52. The average Bonchev–Trinajstić information content (AvgIpc) is 2.58. The third kappa shape index (κ3) is 1.42. The van der Waals surface area contributed by atoms with Crippen LogP contribution in [0.4, 0.5) is 0 Å².